The summed E-state index contributed by atoms with van der Waals surface area (Å²) in [5.41, 5.74) is 0.493. The molecule has 32 heavy (non-hydrogen) atoms. The second-order valence-electron chi connectivity index (χ2n) is 7.27. The van der Waals surface area contributed by atoms with Gasteiger partial charge in [0, 0.05) is 50.2 Å². The van der Waals surface area contributed by atoms with Crippen molar-refractivity contribution in [3.8, 4) is 23.1 Å². The molecule has 1 saturated heterocycles. The van der Waals surface area contributed by atoms with E-state index in [9.17, 15) is 4.79 Å². The molecular formula is C22H26N6O4. The van der Waals surface area contributed by atoms with E-state index in [-0.39, 0.29) is 5.91 Å². The first-order valence-electron chi connectivity index (χ1n) is 10.2. The highest BCUT2D eigenvalue weighted by atomic mass is 16.5. The van der Waals surface area contributed by atoms with E-state index in [1.54, 1.807) is 24.7 Å². The average Bonchev–Trinajstić information content (AvgIpc) is 3.28. The van der Waals surface area contributed by atoms with Crippen molar-refractivity contribution < 1.29 is 19.0 Å². The van der Waals surface area contributed by atoms with Gasteiger partial charge in [0.25, 0.3) is 5.91 Å². The summed E-state index contributed by atoms with van der Waals surface area (Å²) < 4.78 is 18.0. The lowest BCUT2D eigenvalue weighted by molar-refractivity contribution is 0.0745. The third kappa shape index (κ3) is 4.03. The topological polar surface area (TPSA) is 94.8 Å². The van der Waals surface area contributed by atoms with Crippen LogP contribution in [0.3, 0.4) is 0 Å². The molecule has 2 aromatic heterocycles. The molecule has 0 bridgehead atoms. The molecule has 1 aromatic carbocycles. The minimum Gasteiger partial charge on any atom is -0.493 e. The molecule has 3 aromatic rings. The average molecular weight is 438 g/mol. The lowest BCUT2D eigenvalue weighted by atomic mass is 10.1. The Hall–Kier alpha value is -3.82. The summed E-state index contributed by atoms with van der Waals surface area (Å²) in [6.07, 6.45) is 5.16. The van der Waals surface area contributed by atoms with Crippen LogP contribution in [-0.2, 0) is 0 Å². The van der Waals surface area contributed by atoms with Crippen LogP contribution < -0.4 is 19.1 Å². The Balaban J connectivity index is 1.47. The van der Waals surface area contributed by atoms with Gasteiger partial charge in [0.15, 0.2) is 11.5 Å². The smallest absolute Gasteiger partial charge is 0.254 e. The third-order valence-electron chi connectivity index (χ3n) is 5.51. The highest BCUT2D eigenvalue weighted by Gasteiger charge is 2.25. The maximum absolute atomic E-state index is 13.1. The first kappa shape index (κ1) is 21.4. The maximum Gasteiger partial charge on any atom is 0.254 e. The van der Waals surface area contributed by atoms with Crippen LogP contribution in [0.25, 0.3) is 5.82 Å². The number of aromatic nitrogens is 4. The minimum atomic E-state index is -0.0821. The number of ether oxygens (including phenoxy) is 3. The number of rotatable bonds is 6. The van der Waals surface area contributed by atoms with Gasteiger partial charge < -0.3 is 24.0 Å². The molecule has 0 spiro atoms. The summed E-state index contributed by atoms with van der Waals surface area (Å²) in [5, 5.41) is 0. The highest BCUT2D eigenvalue weighted by Crippen LogP contribution is 2.38. The second-order valence-corrected chi connectivity index (χ2v) is 7.27. The van der Waals surface area contributed by atoms with E-state index in [4.69, 9.17) is 14.2 Å². The number of anilines is 1. The molecule has 0 aliphatic carbocycles. The van der Waals surface area contributed by atoms with E-state index < -0.39 is 0 Å². The standard InChI is InChI=1S/C22H26N6O4/c1-15-23-5-6-28(15)20-13-19(24-14-25-20)26-7-9-27(10-8-26)22(29)16-11-17(30-2)21(32-4)18(12-16)31-3/h5-6,11-14H,7-10H2,1-4H3. The number of imidazole rings is 1. The summed E-state index contributed by atoms with van der Waals surface area (Å²) in [7, 11) is 4.60. The van der Waals surface area contributed by atoms with Crippen LogP contribution in [0.5, 0.6) is 17.2 Å². The van der Waals surface area contributed by atoms with Gasteiger partial charge in [-0.15, -0.1) is 0 Å². The number of carbonyl (C=O) groups is 1. The first-order valence-corrected chi connectivity index (χ1v) is 10.2. The fourth-order valence-electron chi connectivity index (χ4n) is 3.79. The fraction of sp³-hybridized carbons (Fsp3) is 0.364. The van der Waals surface area contributed by atoms with E-state index in [2.05, 4.69) is 19.9 Å². The van der Waals surface area contributed by atoms with Crippen LogP contribution in [-0.4, -0.2) is 77.8 Å². The summed E-state index contributed by atoms with van der Waals surface area (Å²) in [4.78, 5) is 30.1. The number of aryl methyl sites for hydroxylation is 1. The Labute approximate surface area is 186 Å². The minimum absolute atomic E-state index is 0.0821. The number of piperazine rings is 1. The van der Waals surface area contributed by atoms with Gasteiger partial charge in [0.1, 0.15) is 23.8 Å². The Morgan fingerprint density at radius 3 is 2.09 bits per heavy atom. The van der Waals surface area contributed by atoms with Gasteiger partial charge in [0.2, 0.25) is 5.75 Å². The first-order chi connectivity index (χ1) is 15.5. The second kappa shape index (κ2) is 9.13. The molecule has 3 heterocycles. The number of benzene rings is 1. The predicted octanol–water partition coefficient (Wildman–Crippen LogP) is 1.96. The van der Waals surface area contributed by atoms with Crippen LogP contribution in [0.2, 0.25) is 0 Å². The lowest BCUT2D eigenvalue weighted by Crippen LogP contribution is -2.49. The Bertz CT molecular complexity index is 1080. The van der Waals surface area contributed by atoms with Crippen molar-refractivity contribution in [3.63, 3.8) is 0 Å². The number of hydrogen-bond acceptors (Lipinski definition) is 8. The lowest BCUT2D eigenvalue weighted by Gasteiger charge is -2.35. The zero-order chi connectivity index (χ0) is 22.7. The van der Waals surface area contributed by atoms with Crippen LogP contribution >= 0.6 is 0 Å². The molecule has 168 valence electrons. The normalized spacial score (nSPS) is 13.8. The van der Waals surface area contributed by atoms with E-state index in [0.717, 1.165) is 17.5 Å². The molecule has 1 fully saturated rings. The Morgan fingerprint density at radius 2 is 1.53 bits per heavy atom. The quantitative estimate of drug-likeness (QED) is 0.577. The van der Waals surface area contributed by atoms with Crippen molar-refractivity contribution in [2.45, 2.75) is 6.92 Å². The molecule has 1 aliphatic rings. The van der Waals surface area contributed by atoms with Gasteiger partial charge in [-0.3, -0.25) is 9.36 Å². The number of methoxy groups -OCH3 is 3. The molecule has 4 rings (SSSR count). The highest BCUT2D eigenvalue weighted by molar-refractivity contribution is 5.95. The van der Waals surface area contributed by atoms with Crippen LogP contribution in [0, 0.1) is 6.92 Å². The zero-order valence-corrected chi connectivity index (χ0v) is 18.6. The largest absolute Gasteiger partial charge is 0.493 e. The SMILES string of the molecule is COc1cc(C(=O)N2CCN(c3cc(-n4ccnc4C)ncn3)CC2)cc(OC)c1OC. The summed E-state index contributed by atoms with van der Waals surface area (Å²) in [6.45, 7) is 4.39. The van der Waals surface area contributed by atoms with Crippen LogP contribution in [0.15, 0.2) is 36.9 Å². The molecule has 0 N–H and O–H groups in total. The number of hydrogen-bond donors (Lipinski definition) is 0. The molecule has 10 heteroatoms. The van der Waals surface area contributed by atoms with E-state index in [1.165, 1.54) is 21.3 Å². The summed E-state index contributed by atoms with van der Waals surface area (Å²) in [6, 6.07) is 5.30. The van der Waals surface area contributed by atoms with E-state index >= 15 is 0 Å². The van der Waals surface area contributed by atoms with Crippen molar-refractivity contribution in [1.29, 1.82) is 0 Å². The van der Waals surface area contributed by atoms with Gasteiger partial charge in [-0.2, -0.15) is 0 Å². The molecular weight excluding hydrogens is 412 g/mol. The fourth-order valence-corrected chi connectivity index (χ4v) is 3.79. The van der Waals surface area contributed by atoms with Crippen molar-refractivity contribution in [2.24, 2.45) is 0 Å². The molecule has 0 radical (unpaired) electrons. The Kier molecular flexibility index (Phi) is 6.11. The van der Waals surface area contributed by atoms with Gasteiger partial charge in [-0.1, -0.05) is 0 Å². The predicted molar refractivity (Wildman–Crippen MR) is 118 cm³/mol. The molecule has 1 amide bonds. The number of carbonyl (C=O) groups excluding carboxylic acids is 1. The van der Waals surface area contributed by atoms with Crippen molar-refractivity contribution in [2.75, 3.05) is 52.4 Å². The van der Waals surface area contributed by atoms with Crippen molar-refractivity contribution in [3.05, 3.63) is 48.3 Å². The van der Waals surface area contributed by atoms with Crippen molar-refractivity contribution >= 4 is 11.7 Å². The van der Waals surface area contributed by atoms with Crippen molar-refractivity contribution in [1.82, 2.24) is 24.4 Å². The molecule has 10 nitrogen and oxygen atoms in total. The number of nitrogens with zero attached hydrogens (tertiary/aromatic N) is 6. The summed E-state index contributed by atoms with van der Waals surface area (Å²) in [5.74, 6) is 3.74. The van der Waals surface area contributed by atoms with Crippen LogP contribution in [0.4, 0.5) is 5.82 Å². The van der Waals surface area contributed by atoms with Gasteiger partial charge in [-0.05, 0) is 19.1 Å². The van der Waals surface area contributed by atoms with E-state index in [1.807, 2.05) is 28.7 Å². The van der Waals surface area contributed by atoms with Gasteiger partial charge >= 0.3 is 0 Å². The van der Waals surface area contributed by atoms with Gasteiger partial charge in [0.05, 0.1) is 21.3 Å². The number of amides is 1. The Morgan fingerprint density at radius 1 is 0.875 bits per heavy atom. The molecule has 0 saturated carbocycles. The van der Waals surface area contributed by atoms with Crippen LogP contribution in [0.1, 0.15) is 16.2 Å². The third-order valence-corrected chi connectivity index (χ3v) is 5.51. The van der Waals surface area contributed by atoms with E-state index in [0.29, 0.717) is 49.0 Å². The summed E-state index contributed by atoms with van der Waals surface area (Å²) >= 11 is 0. The van der Waals surface area contributed by atoms with Gasteiger partial charge in [-0.25, -0.2) is 15.0 Å². The maximum atomic E-state index is 13.1. The molecule has 0 atom stereocenters. The monoisotopic (exact) mass is 438 g/mol. The molecule has 0 unspecified atom stereocenters. The molecule has 1 aliphatic heterocycles. The zero-order valence-electron chi connectivity index (χ0n) is 18.6.